The number of hydrogen-bond donors (Lipinski definition) is 3. The number of aliphatic hydroxyl groups is 2. The lowest BCUT2D eigenvalue weighted by molar-refractivity contribution is -0.130. The van der Waals surface area contributed by atoms with Crippen molar-refractivity contribution in [3.63, 3.8) is 0 Å². The number of rotatable bonds is 3. The van der Waals surface area contributed by atoms with Crippen molar-refractivity contribution >= 4 is 16.8 Å². The summed E-state index contributed by atoms with van der Waals surface area (Å²) >= 11 is 0. The number of aliphatic hydroxyl groups excluding tert-OH is 2. The largest absolute Gasteiger partial charge is 0.388 e. The molecule has 5 nitrogen and oxygen atoms in total. The van der Waals surface area contributed by atoms with E-state index in [1.165, 1.54) is 4.90 Å². The predicted octanol–water partition coefficient (Wildman–Crippen LogP) is 0.664. The molecule has 2 atom stereocenters. The molecule has 1 amide bonds. The minimum Gasteiger partial charge on any atom is -0.388 e. The zero-order valence-electron chi connectivity index (χ0n) is 11.1. The third-order valence-electron chi connectivity index (χ3n) is 3.89. The molecule has 20 heavy (non-hydrogen) atoms. The number of nitrogens with one attached hydrogen (secondary N) is 1. The first kappa shape index (κ1) is 13.1. The topological polar surface area (TPSA) is 76.6 Å². The van der Waals surface area contributed by atoms with E-state index in [1.807, 2.05) is 30.5 Å². The molecule has 0 radical (unpaired) electrons. The Kier molecular flexibility index (Phi) is 3.46. The first-order chi connectivity index (χ1) is 9.65. The van der Waals surface area contributed by atoms with Crippen LogP contribution in [0.1, 0.15) is 12.0 Å². The number of para-hydroxylation sites is 1. The summed E-state index contributed by atoms with van der Waals surface area (Å²) in [5.41, 5.74) is 2.19. The maximum absolute atomic E-state index is 12.1. The van der Waals surface area contributed by atoms with E-state index in [2.05, 4.69) is 4.98 Å². The molecule has 0 saturated carbocycles. The van der Waals surface area contributed by atoms with E-state index < -0.39 is 12.2 Å². The molecule has 0 spiro atoms. The maximum Gasteiger partial charge on any atom is 0.223 e. The van der Waals surface area contributed by atoms with Crippen molar-refractivity contribution in [1.29, 1.82) is 0 Å². The van der Waals surface area contributed by atoms with E-state index in [9.17, 15) is 15.0 Å². The number of fused-ring (bicyclic) bond motifs is 1. The van der Waals surface area contributed by atoms with Gasteiger partial charge in [0.1, 0.15) is 0 Å². The normalized spacial score (nSPS) is 22.6. The summed E-state index contributed by atoms with van der Waals surface area (Å²) in [4.78, 5) is 16.8. The summed E-state index contributed by atoms with van der Waals surface area (Å²) in [6, 6.07) is 8.00. The molecule has 1 saturated heterocycles. The molecule has 2 unspecified atom stereocenters. The molecule has 1 aliphatic heterocycles. The third-order valence-corrected chi connectivity index (χ3v) is 3.89. The summed E-state index contributed by atoms with van der Waals surface area (Å²) in [6.45, 7) is 0.460. The molecule has 2 heterocycles. The van der Waals surface area contributed by atoms with Gasteiger partial charge in [-0.3, -0.25) is 4.79 Å². The van der Waals surface area contributed by atoms with Gasteiger partial charge in [0.2, 0.25) is 5.91 Å². The minimum atomic E-state index is -0.813. The fourth-order valence-electron chi connectivity index (χ4n) is 2.71. The molecule has 0 bridgehead atoms. The number of likely N-dealkylation sites (tertiary alicyclic amines) is 1. The first-order valence-electron chi connectivity index (χ1n) is 6.84. The highest BCUT2D eigenvalue weighted by atomic mass is 16.3. The molecule has 3 rings (SSSR count). The van der Waals surface area contributed by atoms with Gasteiger partial charge in [-0.15, -0.1) is 0 Å². The van der Waals surface area contributed by atoms with Crippen LogP contribution < -0.4 is 0 Å². The average molecular weight is 274 g/mol. The van der Waals surface area contributed by atoms with Crippen molar-refractivity contribution in [1.82, 2.24) is 9.88 Å². The Labute approximate surface area is 116 Å². The smallest absolute Gasteiger partial charge is 0.223 e. The number of H-pyrrole nitrogens is 1. The highest BCUT2D eigenvalue weighted by Gasteiger charge is 2.32. The number of amides is 1. The number of hydrogen-bond acceptors (Lipinski definition) is 3. The van der Waals surface area contributed by atoms with Crippen molar-refractivity contribution in [3.8, 4) is 0 Å². The van der Waals surface area contributed by atoms with E-state index in [4.69, 9.17) is 0 Å². The number of carbonyl (C=O) groups is 1. The van der Waals surface area contributed by atoms with Crippen LogP contribution in [0.15, 0.2) is 30.5 Å². The lowest BCUT2D eigenvalue weighted by atomic mass is 10.1. The Bertz CT molecular complexity index is 612. The number of β-amino-alcohol motifs (C(OH)–C–C–N with tert-alkyl or cyclic N) is 2. The summed E-state index contributed by atoms with van der Waals surface area (Å²) in [5.74, 6) is -0.0223. The Balaban J connectivity index is 1.63. The molecule has 3 N–H and O–H groups in total. The zero-order valence-corrected chi connectivity index (χ0v) is 11.1. The van der Waals surface area contributed by atoms with Crippen molar-refractivity contribution in [2.75, 3.05) is 13.1 Å². The number of aromatic nitrogens is 1. The van der Waals surface area contributed by atoms with Crippen LogP contribution in [-0.2, 0) is 11.2 Å². The van der Waals surface area contributed by atoms with E-state index in [0.717, 1.165) is 16.5 Å². The van der Waals surface area contributed by atoms with E-state index >= 15 is 0 Å². The highest BCUT2D eigenvalue weighted by molar-refractivity contribution is 5.84. The Hall–Kier alpha value is -1.85. The van der Waals surface area contributed by atoms with Crippen LogP contribution in [0, 0.1) is 0 Å². The summed E-state index contributed by atoms with van der Waals surface area (Å²) in [6.07, 6.45) is 1.36. The van der Waals surface area contributed by atoms with Crippen LogP contribution in [0.5, 0.6) is 0 Å². The van der Waals surface area contributed by atoms with Crippen LogP contribution in [-0.4, -0.2) is 51.3 Å². The molecule has 106 valence electrons. The van der Waals surface area contributed by atoms with Gasteiger partial charge in [-0.05, 0) is 18.1 Å². The van der Waals surface area contributed by atoms with Crippen molar-refractivity contribution < 1.29 is 15.0 Å². The van der Waals surface area contributed by atoms with E-state index in [0.29, 0.717) is 12.8 Å². The van der Waals surface area contributed by atoms with Gasteiger partial charge in [0, 0.05) is 36.6 Å². The number of benzene rings is 1. The SMILES string of the molecule is O=C(CCc1c[nH]c2ccccc12)N1CC(O)C(O)C1. The lowest BCUT2D eigenvalue weighted by Gasteiger charge is -2.14. The van der Waals surface area contributed by atoms with Crippen molar-refractivity contribution in [2.24, 2.45) is 0 Å². The van der Waals surface area contributed by atoms with Crippen LogP contribution in [0.4, 0.5) is 0 Å². The van der Waals surface area contributed by atoms with Gasteiger partial charge in [-0.2, -0.15) is 0 Å². The fourth-order valence-corrected chi connectivity index (χ4v) is 2.71. The highest BCUT2D eigenvalue weighted by Crippen LogP contribution is 2.20. The minimum absolute atomic E-state index is 0.0223. The molecule has 1 fully saturated rings. The molecule has 0 aliphatic carbocycles. The van der Waals surface area contributed by atoms with Crippen LogP contribution in [0.25, 0.3) is 10.9 Å². The van der Waals surface area contributed by atoms with E-state index in [-0.39, 0.29) is 19.0 Å². The Morgan fingerprint density at radius 1 is 1.25 bits per heavy atom. The predicted molar refractivity (Wildman–Crippen MR) is 75.2 cm³/mol. The number of carbonyl (C=O) groups excluding carboxylic acids is 1. The quantitative estimate of drug-likeness (QED) is 0.769. The second-order valence-corrected chi connectivity index (χ2v) is 5.29. The van der Waals surface area contributed by atoms with Crippen molar-refractivity contribution in [3.05, 3.63) is 36.0 Å². The number of nitrogens with zero attached hydrogens (tertiary/aromatic N) is 1. The number of aryl methyl sites for hydroxylation is 1. The maximum atomic E-state index is 12.1. The van der Waals surface area contributed by atoms with Gasteiger partial charge in [-0.1, -0.05) is 18.2 Å². The molecule has 1 aromatic carbocycles. The molecule has 5 heteroatoms. The third kappa shape index (κ3) is 2.42. The van der Waals surface area contributed by atoms with Gasteiger partial charge in [-0.25, -0.2) is 0 Å². The molecule has 1 aromatic heterocycles. The Morgan fingerprint density at radius 2 is 1.95 bits per heavy atom. The number of aromatic amines is 1. The van der Waals surface area contributed by atoms with E-state index in [1.54, 1.807) is 0 Å². The Morgan fingerprint density at radius 3 is 2.70 bits per heavy atom. The molecule has 2 aromatic rings. The monoisotopic (exact) mass is 274 g/mol. The fraction of sp³-hybridized carbons (Fsp3) is 0.400. The van der Waals surface area contributed by atoms with Gasteiger partial charge in [0.05, 0.1) is 12.2 Å². The second kappa shape index (κ2) is 5.26. The summed E-state index contributed by atoms with van der Waals surface area (Å²) in [5, 5.41) is 20.1. The van der Waals surface area contributed by atoms with Crippen molar-refractivity contribution in [2.45, 2.75) is 25.0 Å². The summed E-state index contributed by atoms with van der Waals surface area (Å²) < 4.78 is 0. The second-order valence-electron chi connectivity index (χ2n) is 5.29. The summed E-state index contributed by atoms with van der Waals surface area (Å²) in [7, 11) is 0. The van der Waals surface area contributed by atoms with Gasteiger partial charge >= 0.3 is 0 Å². The van der Waals surface area contributed by atoms with Gasteiger partial charge in [0.25, 0.3) is 0 Å². The molecular weight excluding hydrogens is 256 g/mol. The van der Waals surface area contributed by atoms with Crippen LogP contribution in [0.2, 0.25) is 0 Å². The standard InChI is InChI=1S/C15H18N2O3/c18-13-8-17(9-14(13)19)15(20)6-5-10-7-16-12-4-2-1-3-11(10)12/h1-4,7,13-14,16,18-19H,5-6,8-9H2. The first-order valence-corrected chi connectivity index (χ1v) is 6.84. The van der Waals surface area contributed by atoms with Crippen LogP contribution in [0.3, 0.4) is 0 Å². The zero-order chi connectivity index (χ0) is 14.1. The van der Waals surface area contributed by atoms with Crippen LogP contribution >= 0.6 is 0 Å². The molecular formula is C15H18N2O3. The lowest BCUT2D eigenvalue weighted by Crippen LogP contribution is -2.29. The van der Waals surface area contributed by atoms with Gasteiger partial charge in [0.15, 0.2) is 0 Å². The van der Waals surface area contributed by atoms with Gasteiger partial charge < -0.3 is 20.1 Å². The molecule has 1 aliphatic rings. The average Bonchev–Trinajstić information content (AvgIpc) is 3.01.